The fourth-order valence-electron chi connectivity index (χ4n) is 5.65. The zero-order chi connectivity index (χ0) is 18.1. The number of aryl methyl sites for hydroxylation is 1. The predicted molar refractivity (Wildman–Crippen MR) is 96.3 cm³/mol. The first kappa shape index (κ1) is 16.5. The van der Waals surface area contributed by atoms with Crippen molar-refractivity contribution in [1.82, 2.24) is 0 Å². The van der Waals surface area contributed by atoms with Crippen molar-refractivity contribution in [2.24, 2.45) is 11.3 Å². The van der Waals surface area contributed by atoms with Crippen molar-refractivity contribution < 1.29 is 19.4 Å². The first-order chi connectivity index (χ1) is 11.7. The Bertz CT molecular complexity index is 889. The van der Waals surface area contributed by atoms with Crippen LogP contribution in [0.2, 0.25) is 0 Å². The van der Waals surface area contributed by atoms with Gasteiger partial charge in [-0.1, -0.05) is 27.2 Å². The molecule has 25 heavy (non-hydrogen) atoms. The predicted octanol–water partition coefficient (Wildman–Crippen LogP) is 5.21. The minimum Gasteiger partial charge on any atom is -0.504 e. The van der Waals surface area contributed by atoms with Crippen molar-refractivity contribution in [3.05, 3.63) is 23.0 Å². The van der Waals surface area contributed by atoms with Gasteiger partial charge in [0.25, 0.3) is 0 Å². The van der Waals surface area contributed by atoms with Crippen LogP contribution in [0.1, 0.15) is 74.6 Å². The van der Waals surface area contributed by atoms with Gasteiger partial charge < -0.3 is 14.6 Å². The Morgan fingerprint density at radius 2 is 1.92 bits per heavy atom. The number of hydrogen-bond acceptors (Lipinski definition) is 4. The molecular formula is C21H26O4. The van der Waals surface area contributed by atoms with Crippen LogP contribution in [0.5, 0.6) is 11.5 Å². The van der Waals surface area contributed by atoms with Crippen molar-refractivity contribution in [2.75, 3.05) is 0 Å². The first-order valence-electron chi connectivity index (χ1n) is 9.18. The van der Waals surface area contributed by atoms with E-state index in [0.29, 0.717) is 29.2 Å². The molecule has 0 radical (unpaired) electrons. The van der Waals surface area contributed by atoms with E-state index in [9.17, 15) is 15.0 Å². The van der Waals surface area contributed by atoms with Crippen LogP contribution in [0.15, 0.2) is 10.5 Å². The molecule has 0 spiro atoms. The van der Waals surface area contributed by atoms with Crippen LogP contribution < -0.4 is 0 Å². The van der Waals surface area contributed by atoms with Gasteiger partial charge in [-0.25, -0.2) is 0 Å². The highest BCUT2D eigenvalue weighted by molar-refractivity contribution is 6.03. The Hall–Kier alpha value is -1.97. The molecule has 4 rings (SSSR count). The molecule has 2 aliphatic carbocycles. The molecule has 2 N–H and O–H groups in total. The van der Waals surface area contributed by atoms with Gasteiger partial charge in [0.2, 0.25) is 0 Å². The van der Waals surface area contributed by atoms with Gasteiger partial charge in [0.15, 0.2) is 23.0 Å². The zero-order valence-corrected chi connectivity index (χ0v) is 15.4. The summed E-state index contributed by atoms with van der Waals surface area (Å²) in [4.78, 5) is 12.8. The average Bonchev–Trinajstić information content (AvgIpc) is 2.86. The summed E-state index contributed by atoms with van der Waals surface area (Å²) in [5.41, 5.74) is 1.96. The average molecular weight is 342 g/mol. The molecular weight excluding hydrogens is 316 g/mol. The van der Waals surface area contributed by atoms with Crippen molar-refractivity contribution in [3.8, 4) is 11.5 Å². The molecule has 2 atom stereocenters. The lowest BCUT2D eigenvalue weighted by Crippen LogP contribution is -2.44. The molecule has 0 saturated heterocycles. The van der Waals surface area contributed by atoms with Gasteiger partial charge in [-0.05, 0) is 43.6 Å². The summed E-state index contributed by atoms with van der Waals surface area (Å²) in [7, 11) is 0. The summed E-state index contributed by atoms with van der Waals surface area (Å²) in [6, 6.07) is 1.57. The van der Waals surface area contributed by atoms with E-state index in [-0.39, 0.29) is 28.1 Å². The van der Waals surface area contributed by atoms with Crippen molar-refractivity contribution in [3.63, 3.8) is 0 Å². The molecule has 0 aliphatic heterocycles. The molecule has 1 fully saturated rings. The van der Waals surface area contributed by atoms with Crippen LogP contribution in [-0.2, 0) is 5.41 Å². The van der Waals surface area contributed by atoms with Gasteiger partial charge in [0.05, 0.1) is 0 Å². The Kier molecular flexibility index (Phi) is 3.32. The Balaban J connectivity index is 2.09. The Morgan fingerprint density at radius 3 is 2.64 bits per heavy atom. The largest absolute Gasteiger partial charge is 0.504 e. The van der Waals surface area contributed by atoms with E-state index in [1.807, 2.05) is 0 Å². The standard InChI is InChI=1S/C21H26O4/c1-11-17(24)14(23)10-12-16-19(25-18(11)12)13(22)6-7-15-20(2,3)8-5-9-21(15,16)4/h10,15,23-24H,5-9H2,1-4H3. The van der Waals surface area contributed by atoms with E-state index in [1.54, 1.807) is 13.0 Å². The minimum absolute atomic E-state index is 0.0380. The van der Waals surface area contributed by atoms with Gasteiger partial charge >= 0.3 is 0 Å². The number of phenolic OH excluding ortho intramolecular Hbond substituents is 2. The summed E-state index contributed by atoms with van der Waals surface area (Å²) >= 11 is 0. The smallest absolute Gasteiger partial charge is 0.198 e. The summed E-state index contributed by atoms with van der Waals surface area (Å²) in [5.74, 6) is 0.535. The quantitative estimate of drug-likeness (QED) is 0.645. The van der Waals surface area contributed by atoms with Crippen molar-refractivity contribution in [1.29, 1.82) is 0 Å². The van der Waals surface area contributed by atoms with E-state index in [4.69, 9.17) is 4.42 Å². The van der Waals surface area contributed by atoms with E-state index in [2.05, 4.69) is 20.8 Å². The maximum atomic E-state index is 12.8. The van der Waals surface area contributed by atoms with E-state index in [0.717, 1.165) is 36.6 Å². The molecule has 1 aromatic heterocycles. The first-order valence-corrected chi connectivity index (χ1v) is 9.18. The molecule has 1 aromatic carbocycles. The van der Waals surface area contributed by atoms with Gasteiger partial charge in [0.1, 0.15) is 5.58 Å². The lowest BCUT2D eigenvalue weighted by molar-refractivity contribution is 0.0504. The van der Waals surface area contributed by atoms with Crippen LogP contribution in [-0.4, -0.2) is 16.0 Å². The second kappa shape index (κ2) is 5.03. The number of furan rings is 1. The summed E-state index contributed by atoms with van der Waals surface area (Å²) < 4.78 is 6.01. The number of fused-ring (bicyclic) bond motifs is 5. The second-order valence-corrected chi connectivity index (χ2v) is 8.83. The summed E-state index contributed by atoms with van der Waals surface area (Å²) in [6.45, 7) is 8.59. The highest BCUT2D eigenvalue weighted by atomic mass is 16.3. The monoisotopic (exact) mass is 342 g/mol. The van der Waals surface area contributed by atoms with Crippen molar-refractivity contribution in [2.45, 2.75) is 65.2 Å². The molecule has 2 aliphatic rings. The fraction of sp³-hybridized carbons (Fsp3) is 0.571. The lowest BCUT2D eigenvalue weighted by Gasteiger charge is -2.50. The summed E-state index contributed by atoms with van der Waals surface area (Å²) in [5, 5.41) is 21.0. The van der Waals surface area contributed by atoms with Crippen LogP contribution in [0.3, 0.4) is 0 Å². The van der Waals surface area contributed by atoms with E-state index in [1.165, 1.54) is 0 Å². The minimum atomic E-state index is -0.172. The number of aromatic hydroxyl groups is 2. The third kappa shape index (κ3) is 2.09. The topological polar surface area (TPSA) is 70.7 Å². The van der Waals surface area contributed by atoms with E-state index >= 15 is 0 Å². The molecule has 4 heteroatoms. The highest BCUT2D eigenvalue weighted by Crippen LogP contribution is 2.58. The Morgan fingerprint density at radius 1 is 1.20 bits per heavy atom. The normalized spacial score (nSPS) is 28.5. The van der Waals surface area contributed by atoms with Gasteiger partial charge in [-0.3, -0.25) is 4.79 Å². The molecule has 134 valence electrons. The number of phenols is 2. The second-order valence-electron chi connectivity index (χ2n) is 8.83. The van der Waals surface area contributed by atoms with Crippen LogP contribution >= 0.6 is 0 Å². The molecule has 0 amide bonds. The van der Waals surface area contributed by atoms with Crippen LogP contribution in [0.25, 0.3) is 11.0 Å². The maximum absolute atomic E-state index is 12.8. The molecule has 1 heterocycles. The number of carbonyl (C=O) groups is 1. The number of carbonyl (C=O) groups excluding carboxylic acids is 1. The number of ketones is 1. The molecule has 2 aromatic rings. The van der Waals surface area contributed by atoms with Gasteiger partial charge in [-0.2, -0.15) is 0 Å². The molecule has 0 bridgehead atoms. The number of hydrogen-bond donors (Lipinski definition) is 2. The highest BCUT2D eigenvalue weighted by Gasteiger charge is 2.51. The third-order valence-corrected chi connectivity index (χ3v) is 6.88. The SMILES string of the molecule is Cc1c(O)c(O)cc2c3c(oc12)C(=O)CCC1C(C)(C)CCCC31C. The fourth-order valence-corrected chi connectivity index (χ4v) is 5.65. The zero-order valence-electron chi connectivity index (χ0n) is 15.4. The van der Waals surface area contributed by atoms with Crippen LogP contribution in [0, 0.1) is 18.3 Å². The number of Topliss-reactive ketones (excluding diaryl/α,β-unsaturated/α-hetero) is 1. The third-order valence-electron chi connectivity index (χ3n) is 6.88. The van der Waals surface area contributed by atoms with Crippen LogP contribution in [0.4, 0.5) is 0 Å². The van der Waals surface area contributed by atoms with Crippen molar-refractivity contribution >= 4 is 16.8 Å². The molecule has 2 unspecified atom stereocenters. The summed E-state index contributed by atoms with van der Waals surface area (Å²) in [6.07, 6.45) is 4.66. The number of rotatable bonds is 0. The Labute approximate surface area is 147 Å². The lowest BCUT2D eigenvalue weighted by atomic mass is 9.53. The molecule has 4 nitrogen and oxygen atoms in total. The maximum Gasteiger partial charge on any atom is 0.198 e. The van der Waals surface area contributed by atoms with Gasteiger partial charge in [-0.15, -0.1) is 0 Å². The molecule has 1 saturated carbocycles. The number of benzene rings is 1. The van der Waals surface area contributed by atoms with Gasteiger partial charge in [0, 0.05) is 28.3 Å². The van der Waals surface area contributed by atoms with E-state index < -0.39 is 0 Å².